The monoisotopic (exact) mass is 188 g/mol. The van der Waals surface area contributed by atoms with Gasteiger partial charge in [-0.15, -0.1) is 0 Å². The summed E-state index contributed by atoms with van der Waals surface area (Å²) >= 11 is 0. The lowest BCUT2D eigenvalue weighted by Gasteiger charge is -2.09. The summed E-state index contributed by atoms with van der Waals surface area (Å²) in [5.74, 6) is 0.874. The largest absolute Gasteiger partial charge is 0.303 e. The van der Waals surface area contributed by atoms with E-state index in [1.54, 1.807) is 0 Å². The Hall–Kier alpha value is -0.860. The molecule has 0 aromatic heterocycles. The molecule has 1 saturated carbocycles. The molecule has 3 rings (SSSR count). The normalized spacial score (nSPS) is 26.7. The van der Waals surface area contributed by atoms with Gasteiger partial charge in [-0.1, -0.05) is 24.3 Å². The van der Waals surface area contributed by atoms with Gasteiger partial charge in [0.15, 0.2) is 0 Å². The van der Waals surface area contributed by atoms with Crippen molar-refractivity contribution in [3.8, 4) is 0 Å². The molecule has 2 nitrogen and oxygen atoms in total. The third-order valence-corrected chi connectivity index (χ3v) is 3.21. The van der Waals surface area contributed by atoms with Crippen molar-refractivity contribution in [2.45, 2.75) is 24.8 Å². The van der Waals surface area contributed by atoms with Crippen molar-refractivity contribution in [3.05, 3.63) is 35.4 Å². The van der Waals surface area contributed by atoms with Gasteiger partial charge in [0.05, 0.1) is 0 Å². The lowest BCUT2D eigenvalue weighted by atomic mass is 10.0. The lowest BCUT2D eigenvalue weighted by Crippen LogP contribution is -2.14. The Morgan fingerprint density at radius 1 is 1.00 bits per heavy atom. The predicted octanol–water partition coefficient (Wildman–Crippen LogP) is 1.76. The van der Waals surface area contributed by atoms with Crippen molar-refractivity contribution >= 4 is 0 Å². The molecule has 1 unspecified atom stereocenters. The molecular weight excluding hydrogens is 172 g/mol. The van der Waals surface area contributed by atoms with Crippen molar-refractivity contribution in [1.29, 1.82) is 0 Å². The van der Waals surface area contributed by atoms with Crippen LogP contribution in [-0.2, 0) is 0 Å². The number of hydrogen-bond donors (Lipinski definition) is 2. The van der Waals surface area contributed by atoms with Crippen LogP contribution in [-0.4, -0.2) is 13.2 Å². The average Bonchev–Trinajstić information content (AvgIpc) is 2.94. The molecule has 0 spiro atoms. The third-order valence-electron chi connectivity index (χ3n) is 3.21. The molecule has 0 radical (unpaired) electrons. The van der Waals surface area contributed by atoms with E-state index in [9.17, 15) is 0 Å². The molecule has 1 aliphatic heterocycles. The maximum absolute atomic E-state index is 3.43. The summed E-state index contributed by atoms with van der Waals surface area (Å²) in [5, 5.41) is 6.74. The summed E-state index contributed by atoms with van der Waals surface area (Å²) < 4.78 is 0. The van der Waals surface area contributed by atoms with Crippen molar-refractivity contribution in [2.75, 3.05) is 13.2 Å². The fourth-order valence-corrected chi connectivity index (χ4v) is 2.14. The van der Waals surface area contributed by atoms with Gasteiger partial charge in [0, 0.05) is 19.3 Å². The van der Waals surface area contributed by atoms with Crippen LogP contribution in [0.5, 0.6) is 0 Å². The van der Waals surface area contributed by atoms with E-state index in [0.717, 1.165) is 19.1 Å². The van der Waals surface area contributed by atoms with E-state index >= 15 is 0 Å². The van der Waals surface area contributed by atoms with E-state index in [0.29, 0.717) is 6.04 Å². The van der Waals surface area contributed by atoms with Crippen molar-refractivity contribution in [3.63, 3.8) is 0 Å². The first-order chi connectivity index (χ1) is 6.93. The number of benzene rings is 1. The fraction of sp³-hybridized carbons (Fsp3) is 0.500. The van der Waals surface area contributed by atoms with E-state index in [1.807, 2.05) is 0 Å². The molecular formula is C12H16N2. The Morgan fingerprint density at radius 3 is 2.29 bits per heavy atom. The molecule has 2 aliphatic rings. The summed E-state index contributed by atoms with van der Waals surface area (Å²) in [4.78, 5) is 0. The maximum Gasteiger partial charge on any atom is 0.0460 e. The first-order valence-corrected chi connectivity index (χ1v) is 5.47. The van der Waals surface area contributed by atoms with Crippen LogP contribution in [0.1, 0.15) is 35.9 Å². The summed E-state index contributed by atoms with van der Waals surface area (Å²) in [5.41, 5.74) is 2.94. The summed E-state index contributed by atoms with van der Waals surface area (Å²) in [6.07, 6.45) is 2.78. The SMILES string of the molecule is c1cc(C2CNCN2)ccc1C1CC1. The second kappa shape index (κ2) is 3.37. The molecule has 1 heterocycles. The van der Waals surface area contributed by atoms with Crippen molar-refractivity contribution in [1.82, 2.24) is 10.6 Å². The van der Waals surface area contributed by atoms with Crippen LogP contribution in [0.3, 0.4) is 0 Å². The fourth-order valence-electron chi connectivity index (χ4n) is 2.14. The molecule has 1 aliphatic carbocycles. The molecule has 14 heavy (non-hydrogen) atoms. The molecule has 2 heteroatoms. The highest BCUT2D eigenvalue weighted by Crippen LogP contribution is 2.40. The Balaban J connectivity index is 1.78. The smallest absolute Gasteiger partial charge is 0.0460 e. The van der Waals surface area contributed by atoms with E-state index in [4.69, 9.17) is 0 Å². The average molecular weight is 188 g/mol. The van der Waals surface area contributed by atoms with Crippen LogP contribution < -0.4 is 10.6 Å². The standard InChI is InChI=1S/C12H16N2/c1-2-9(1)10-3-5-11(6-4-10)12-7-13-8-14-12/h3-6,9,12-14H,1-2,7-8H2. The van der Waals surface area contributed by atoms with Gasteiger partial charge in [-0.2, -0.15) is 0 Å². The van der Waals surface area contributed by atoms with E-state index < -0.39 is 0 Å². The summed E-state index contributed by atoms with van der Waals surface area (Å²) in [7, 11) is 0. The zero-order valence-corrected chi connectivity index (χ0v) is 8.29. The van der Waals surface area contributed by atoms with Crippen LogP contribution in [0.4, 0.5) is 0 Å². The quantitative estimate of drug-likeness (QED) is 0.739. The van der Waals surface area contributed by atoms with Gasteiger partial charge in [-0.3, -0.25) is 5.32 Å². The summed E-state index contributed by atoms with van der Waals surface area (Å²) in [6, 6.07) is 9.67. The van der Waals surface area contributed by atoms with E-state index in [1.165, 1.54) is 24.0 Å². The van der Waals surface area contributed by atoms with Crippen molar-refractivity contribution < 1.29 is 0 Å². The molecule has 0 bridgehead atoms. The molecule has 2 N–H and O–H groups in total. The molecule has 1 atom stereocenters. The minimum atomic E-state index is 0.517. The zero-order valence-electron chi connectivity index (χ0n) is 8.29. The van der Waals surface area contributed by atoms with Gasteiger partial charge in [0.25, 0.3) is 0 Å². The molecule has 1 aromatic carbocycles. The topological polar surface area (TPSA) is 24.1 Å². The summed E-state index contributed by atoms with van der Waals surface area (Å²) in [6.45, 7) is 2.00. The third kappa shape index (κ3) is 1.56. The van der Waals surface area contributed by atoms with E-state index in [2.05, 4.69) is 34.9 Å². The van der Waals surface area contributed by atoms with Crippen LogP contribution in [0.2, 0.25) is 0 Å². The van der Waals surface area contributed by atoms with Crippen molar-refractivity contribution in [2.24, 2.45) is 0 Å². The Bertz CT molecular complexity index is 308. The Labute approximate surface area is 84.7 Å². The molecule has 74 valence electrons. The zero-order chi connectivity index (χ0) is 9.38. The molecule has 1 saturated heterocycles. The van der Waals surface area contributed by atoms with Gasteiger partial charge >= 0.3 is 0 Å². The molecule has 1 aromatic rings. The number of hydrogen-bond acceptors (Lipinski definition) is 2. The Kier molecular flexibility index (Phi) is 2.03. The highest BCUT2D eigenvalue weighted by Gasteiger charge is 2.23. The Morgan fingerprint density at radius 2 is 1.71 bits per heavy atom. The van der Waals surface area contributed by atoms with Gasteiger partial charge in [0.1, 0.15) is 0 Å². The minimum absolute atomic E-state index is 0.517. The van der Waals surface area contributed by atoms with Gasteiger partial charge < -0.3 is 5.32 Å². The number of rotatable bonds is 2. The second-order valence-corrected chi connectivity index (χ2v) is 4.33. The minimum Gasteiger partial charge on any atom is -0.303 e. The lowest BCUT2D eigenvalue weighted by molar-refractivity contribution is 0.676. The van der Waals surface area contributed by atoms with Crippen LogP contribution in [0.25, 0.3) is 0 Å². The van der Waals surface area contributed by atoms with Crippen LogP contribution >= 0.6 is 0 Å². The maximum atomic E-state index is 3.43. The highest BCUT2D eigenvalue weighted by molar-refractivity contribution is 5.30. The second-order valence-electron chi connectivity index (χ2n) is 4.33. The van der Waals surface area contributed by atoms with Crippen LogP contribution in [0, 0.1) is 0 Å². The molecule has 2 fully saturated rings. The molecule has 0 amide bonds. The van der Waals surface area contributed by atoms with Gasteiger partial charge in [-0.25, -0.2) is 0 Å². The first kappa shape index (κ1) is 8.45. The van der Waals surface area contributed by atoms with E-state index in [-0.39, 0.29) is 0 Å². The highest BCUT2D eigenvalue weighted by atomic mass is 15.2. The van der Waals surface area contributed by atoms with Gasteiger partial charge in [-0.05, 0) is 29.9 Å². The van der Waals surface area contributed by atoms with Gasteiger partial charge in [0.2, 0.25) is 0 Å². The predicted molar refractivity (Wildman–Crippen MR) is 57.2 cm³/mol. The van der Waals surface area contributed by atoms with Crippen LogP contribution in [0.15, 0.2) is 24.3 Å². The first-order valence-electron chi connectivity index (χ1n) is 5.47. The number of nitrogens with one attached hydrogen (secondary N) is 2.